The Hall–Kier alpha value is -3.00. The van der Waals surface area contributed by atoms with Crippen molar-refractivity contribution in [2.24, 2.45) is 0 Å². The molecule has 0 unspecified atom stereocenters. The summed E-state index contributed by atoms with van der Waals surface area (Å²) in [4.78, 5) is 23.5. The van der Waals surface area contributed by atoms with Crippen molar-refractivity contribution in [3.63, 3.8) is 0 Å². The van der Waals surface area contributed by atoms with Crippen LogP contribution < -0.4 is 21.5 Å². The van der Waals surface area contributed by atoms with Crippen molar-refractivity contribution in [1.82, 2.24) is 10.9 Å². The number of anilines is 2. The van der Waals surface area contributed by atoms with Crippen LogP contribution in [0, 0.1) is 19.7 Å². The van der Waals surface area contributed by atoms with Crippen molar-refractivity contribution >= 4 is 40.5 Å². The molecule has 2 aromatic rings. The Morgan fingerprint density at radius 1 is 0.880 bits per heavy atom. The van der Waals surface area contributed by atoms with Crippen LogP contribution in [0.15, 0.2) is 42.5 Å². The van der Waals surface area contributed by atoms with Crippen LogP contribution in [0.2, 0.25) is 0 Å². The SMILES string of the molecule is Cc1ccc(NC(=O)C(=O)NNC(=S)Nc2ccc(C)c(F)c2)cc1. The summed E-state index contributed by atoms with van der Waals surface area (Å²) in [6.07, 6.45) is 0. The van der Waals surface area contributed by atoms with Gasteiger partial charge < -0.3 is 10.6 Å². The van der Waals surface area contributed by atoms with Gasteiger partial charge in [-0.15, -0.1) is 0 Å². The zero-order chi connectivity index (χ0) is 18.4. The number of nitrogens with one attached hydrogen (secondary N) is 4. The van der Waals surface area contributed by atoms with Crippen molar-refractivity contribution in [2.45, 2.75) is 13.8 Å². The van der Waals surface area contributed by atoms with Crippen LogP contribution in [0.5, 0.6) is 0 Å². The van der Waals surface area contributed by atoms with E-state index in [1.807, 2.05) is 19.1 Å². The molecule has 0 bridgehead atoms. The second kappa shape index (κ2) is 8.20. The molecule has 0 aliphatic carbocycles. The van der Waals surface area contributed by atoms with E-state index in [0.717, 1.165) is 5.56 Å². The zero-order valence-electron chi connectivity index (χ0n) is 13.6. The average Bonchev–Trinajstić information content (AvgIpc) is 2.58. The Morgan fingerprint density at radius 2 is 1.52 bits per heavy atom. The van der Waals surface area contributed by atoms with Crippen LogP contribution in [0.25, 0.3) is 0 Å². The minimum atomic E-state index is -0.917. The molecule has 0 aromatic heterocycles. The third-order valence-electron chi connectivity index (χ3n) is 3.23. The van der Waals surface area contributed by atoms with Gasteiger partial charge in [-0.2, -0.15) is 0 Å². The van der Waals surface area contributed by atoms with Gasteiger partial charge in [-0.05, 0) is 55.9 Å². The second-order valence-corrected chi connectivity index (χ2v) is 5.73. The van der Waals surface area contributed by atoms with Crippen LogP contribution >= 0.6 is 12.2 Å². The highest BCUT2D eigenvalue weighted by molar-refractivity contribution is 7.80. The number of thiocarbonyl (C=S) groups is 1. The van der Waals surface area contributed by atoms with E-state index in [4.69, 9.17) is 12.2 Å². The lowest BCUT2D eigenvalue weighted by Crippen LogP contribution is -2.48. The zero-order valence-corrected chi connectivity index (χ0v) is 14.5. The number of rotatable bonds is 2. The van der Waals surface area contributed by atoms with Crippen LogP contribution in [0.4, 0.5) is 15.8 Å². The van der Waals surface area contributed by atoms with Gasteiger partial charge in [0.2, 0.25) is 0 Å². The first-order chi connectivity index (χ1) is 11.8. The Morgan fingerprint density at radius 3 is 2.16 bits per heavy atom. The molecule has 130 valence electrons. The summed E-state index contributed by atoms with van der Waals surface area (Å²) in [5, 5.41) is 5.16. The summed E-state index contributed by atoms with van der Waals surface area (Å²) in [5.41, 5.74) is 7.00. The standard InChI is InChI=1S/C17H17FN4O2S/c1-10-3-6-12(7-4-10)19-15(23)16(24)21-22-17(25)20-13-8-5-11(2)14(18)9-13/h3-9H,1-2H3,(H,19,23)(H,21,24)(H2,20,22,25). The summed E-state index contributed by atoms with van der Waals surface area (Å²) >= 11 is 4.97. The maximum absolute atomic E-state index is 13.5. The first-order valence-electron chi connectivity index (χ1n) is 7.36. The van der Waals surface area contributed by atoms with Crippen molar-refractivity contribution in [1.29, 1.82) is 0 Å². The number of benzene rings is 2. The Labute approximate surface area is 149 Å². The normalized spacial score (nSPS) is 9.88. The molecule has 6 nitrogen and oxygen atoms in total. The summed E-state index contributed by atoms with van der Waals surface area (Å²) in [6, 6.07) is 11.5. The molecular weight excluding hydrogens is 343 g/mol. The van der Waals surface area contributed by atoms with Gasteiger partial charge in [0.05, 0.1) is 0 Å². The van der Waals surface area contributed by atoms with E-state index in [0.29, 0.717) is 16.9 Å². The van der Waals surface area contributed by atoms with Gasteiger partial charge in [0, 0.05) is 11.4 Å². The largest absolute Gasteiger partial charge is 0.331 e. The van der Waals surface area contributed by atoms with E-state index in [9.17, 15) is 14.0 Å². The van der Waals surface area contributed by atoms with E-state index in [1.165, 1.54) is 6.07 Å². The fourth-order valence-corrected chi connectivity index (χ4v) is 2.00. The second-order valence-electron chi connectivity index (χ2n) is 5.32. The fourth-order valence-electron chi connectivity index (χ4n) is 1.83. The molecule has 2 rings (SSSR count). The number of carbonyl (C=O) groups excluding carboxylic acids is 2. The average molecular weight is 360 g/mol. The van der Waals surface area contributed by atoms with E-state index < -0.39 is 11.8 Å². The molecule has 0 fully saturated rings. The number of hydrogen-bond acceptors (Lipinski definition) is 3. The first kappa shape index (κ1) is 18.3. The quantitative estimate of drug-likeness (QED) is 0.376. The molecule has 0 saturated carbocycles. The third kappa shape index (κ3) is 5.54. The van der Waals surface area contributed by atoms with E-state index in [2.05, 4.69) is 21.5 Å². The molecule has 0 spiro atoms. The maximum atomic E-state index is 13.5. The van der Waals surface area contributed by atoms with Gasteiger partial charge in [0.15, 0.2) is 5.11 Å². The molecular formula is C17H17FN4O2S. The first-order valence-corrected chi connectivity index (χ1v) is 7.77. The van der Waals surface area contributed by atoms with E-state index >= 15 is 0 Å². The smallest absolute Gasteiger partial charge is 0.328 e. The van der Waals surface area contributed by atoms with Crippen LogP contribution in [0.3, 0.4) is 0 Å². The van der Waals surface area contributed by atoms with Gasteiger partial charge in [0.1, 0.15) is 5.82 Å². The van der Waals surface area contributed by atoms with Crippen LogP contribution in [-0.4, -0.2) is 16.9 Å². The highest BCUT2D eigenvalue weighted by Gasteiger charge is 2.13. The molecule has 0 atom stereocenters. The van der Waals surface area contributed by atoms with Crippen LogP contribution in [-0.2, 0) is 9.59 Å². The summed E-state index contributed by atoms with van der Waals surface area (Å²) in [5.74, 6) is -2.14. The Bertz CT molecular complexity index is 809. The number of hydrogen-bond donors (Lipinski definition) is 4. The van der Waals surface area contributed by atoms with E-state index in [-0.39, 0.29) is 10.9 Å². The number of carbonyl (C=O) groups is 2. The predicted octanol–water partition coefficient (Wildman–Crippen LogP) is 2.40. The van der Waals surface area contributed by atoms with Crippen molar-refractivity contribution in [3.8, 4) is 0 Å². The summed E-state index contributed by atoms with van der Waals surface area (Å²) in [7, 11) is 0. The topological polar surface area (TPSA) is 82.3 Å². The molecule has 8 heteroatoms. The minimum absolute atomic E-state index is 0.0136. The number of halogens is 1. The van der Waals surface area contributed by atoms with Gasteiger partial charge in [-0.1, -0.05) is 23.8 Å². The van der Waals surface area contributed by atoms with Gasteiger partial charge >= 0.3 is 11.8 Å². The van der Waals surface area contributed by atoms with Gasteiger partial charge in [-0.3, -0.25) is 20.4 Å². The van der Waals surface area contributed by atoms with Gasteiger partial charge in [-0.25, -0.2) is 4.39 Å². The fraction of sp³-hybridized carbons (Fsp3) is 0.118. The Balaban J connectivity index is 1.81. The molecule has 0 heterocycles. The van der Waals surface area contributed by atoms with Crippen LogP contribution in [0.1, 0.15) is 11.1 Å². The molecule has 0 saturated heterocycles. The van der Waals surface area contributed by atoms with Crippen molar-refractivity contribution in [3.05, 3.63) is 59.4 Å². The number of hydrazine groups is 1. The van der Waals surface area contributed by atoms with Crippen molar-refractivity contribution in [2.75, 3.05) is 10.6 Å². The molecule has 0 radical (unpaired) electrons. The lowest BCUT2D eigenvalue weighted by Gasteiger charge is -2.12. The monoisotopic (exact) mass is 360 g/mol. The molecule has 25 heavy (non-hydrogen) atoms. The summed E-state index contributed by atoms with van der Waals surface area (Å²) in [6.45, 7) is 3.55. The minimum Gasteiger partial charge on any atom is -0.331 e. The molecule has 2 aromatic carbocycles. The number of amides is 2. The third-order valence-corrected chi connectivity index (χ3v) is 3.44. The molecule has 4 N–H and O–H groups in total. The highest BCUT2D eigenvalue weighted by atomic mass is 32.1. The predicted molar refractivity (Wildman–Crippen MR) is 98.4 cm³/mol. The van der Waals surface area contributed by atoms with Crippen molar-refractivity contribution < 1.29 is 14.0 Å². The summed E-state index contributed by atoms with van der Waals surface area (Å²) < 4.78 is 13.5. The Kier molecular flexibility index (Phi) is 6.02. The maximum Gasteiger partial charge on any atom is 0.328 e. The number of aryl methyl sites for hydroxylation is 2. The van der Waals surface area contributed by atoms with Gasteiger partial charge in [0.25, 0.3) is 0 Å². The molecule has 2 amide bonds. The molecule has 0 aliphatic rings. The highest BCUT2D eigenvalue weighted by Crippen LogP contribution is 2.13. The lowest BCUT2D eigenvalue weighted by atomic mass is 10.2. The lowest BCUT2D eigenvalue weighted by molar-refractivity contribution is -0.136. The molecule has 0 aliphatic heterocycles. The van der Waals surface area contributed by atoms with E-state index in [1.54, 1.807) is 31.2 Å².